The van der Waals surface area contributed by atoms with Crippen LogP contribution in [0.4, 0.5) is 0 Å². The van der Waals surface area contributed by atoms with Crippen LogP contribution in [-0.2, 0) is 4.79 Å². The van der Waals surface area contributed by atoms with Gasteiger partial charge in [0, 0.05) is 10.7 Å². The number of fused-ring (bicyclic) bond motifs is 1. The van der Waals surface area contributed by atoms with E-state index in [0.717, 1.165) is 10.0 Å². The van der Waals surface area contributed by atoms with Crippen LogP contribution in [0.25, 0.3) is 22.7 Å². The van der Waals surface area contributed by atoms with Crippen molar-refractivity contribution in [2.24, 2.45) is 5.10 Å². The summed E-state index contributed by atoms with van der Waals surface area (Å²) < 4.78 is 2.43. The smallest absolute Gasteiger partial charge is 0.266 e. The predicted molar refractivity (Wildman–Crippen MR) is 138 cm³/mol. The van der Waals surface area contributed by atoms with Crippen molar-refractivity contribution in [3.8, 4) is 5.69 Å². The summed E-state index contributed by atoms with van der Waals surface area (Å²) in [5.74, 6) is -0.241. The third-order valence-electron chi connectivity index (χ3n) is 4.60. The summed E-state index contributed by atoms with van der Waals surface area (Å²) in [5, 5.41) is 4.89. The minimum atomic E-state index is -0.297. The van der Waals surface area contributed by atoms with Crippen molar-refractivity contribution in [3.63, 3.8) is 0 Å². The Kier molecular flexibility index (Phi) is 7.49. The van der Waals surface area contributed by atoms with Crippen LogP contribution in [0.5, 0.6) is 0 Å². The summed E-state index contributed by atoms with van der Waals surface area (Å²) in [5.41, 5.74) is 4.61. The molecule has 4 rings (SSSR count). The van der Waals surface area contributed by atoms with Gasteiger partial charge in [-0.15, -0.1) is 0 Å². The molecule has 1 amide bonds. The first-order valence-electron chi connectivity index (χ1n) is 10.1. The molecule has 0 spiro atoms. The molecule has 0 saturated heterocycles. The van der Waals surface area contributed by atoms with E-state index in [2.05, 4.69) is 31.4 Å². The summed E-state index contributed by atoms with van der Waals surface area (Å²) in [7, 11) is 0. The van der Waals surface area contributed by atoms with Gasteiger partial charge in [0.15, 0.2) is 5.16 Å². The van der Waals surface area contributed by atoms with E-state index in [9.17, 15) is 9.59 Å². The highest BCUT2D eigenvalue weighted by molar-refractivity contribution is 9.10. The van der Waals surface area contributed by atoms with Gasteiger partial charge < -0.3 is 0 Å². The summed E-state index contributed by atoms with van der Waals surface area (Å²) in [4.78, 5) is 30.1. The number of hydrazone groups is 1. The van der Waals surface area contributed by atoms with E-state index in [1.54, 1.807) is 18.2 Å². The molecule has 0 aliphatic carbocycles. The molecule has 3 aromatic carbocycles. The van der Waals surface area contributed by atoms with E-state index in [1.165, 1.54) is 22.5 Å². The fourth-order valence-corrected chi connectivity index (χ4v) is 4.13. The summed E-state index contributed by atoms with van der Waals surface area (Å²) >= 11 is 4.59. The average molecular weight is 519 g/mol. The van der Waals surface area contributed by atoms with Crippen molar-refractivity contribution in [3.05, 3.63) is 105 Å². The lowest BCUT2D eigenvalue weighted by Gasteiger charge is -2.13. The Hall–Kier alpha value is -3.49. The Morgan fingerprint density at radius 1 is 1.03 bits per heavy atom. The Morgan fingerprint density at radius 2 is 1.76 bits per heavy atom. The van der Waals surface area contributed by atoms with Gasteiger partial charge in [0.05, 0.1) is 22.3 Å². The highest BCUT2D eigenvalue weighted by Gasteiger charge is 2.14. The Labute approximate surface area is 203 Å². The van der Waals surface area contributed by atoms with E-state index in [0.29, 0.717) is 21.7 Å². The number of carbonyl (C=O) groups is 1. The minimum Gasteiger partial charge on any atom is -0.272 e. The van der Waals surface area contributed by atoms with Crippen LogP contribution in [0.1, 0.15) is 5.56 Å². The zero-order valence-corrected chi connectivity index (χ0v) is 19.8. The molecule has 0 radical (unpaired) electrons. The minimum absolute atomic E-state index is 0.0566. The maximum absolute atomic E-state index is 13.2. The molecule has 0 atom stereocenters. The SMILES string of the molecule is O=C(CSc1nc2ccccc2c(=O)n1-c1ccc(Br)cc1)N/N=C/C=C/c1ccccc1. The monoisotopic (exact) mass is 518 g/mol. The maximum Gasteiger partial charge on any atom is 0.266 e. The second-order valence-electron chi connectivity index (χ2n) is 6.90. The fourth-order valence-electron chi connectivity index (χ4n) is 3.06. The number of halogens is 1. The number of carbonyl (C=O) groups excluding carboxylic acids is 1. The van der Waals surface area contributed by atoms with Crippen molar-refractivity contribution in [1.82, 2.24) is 15.0 Å². The van der Waals surface area contributed by atoms with Crippen LogP contribution in [0.3, 0.4) is 0 Å². The summed E-state index contributed by atoms with van der Waals surface area (Å²) in [6, 6.07) is 24.3. The molecule has 1 aromatic heterocycles. The number of hydrogen-bond acceptors (Lipinski definition) is 5. The highest BCUT2D eigenvalue weighted by atomic mass is 79.9. The van der Waals surface area contributed by atoms with E-state index in [1.807, 2.05) is 72.8 Å². The van der Waals surface area contributed by atoms with Gasteiger partial charge in [-0.3, -0.25) is 14.2 Å². The molecule has 0 aliphatic heterocycles. The average Bonchev–Trinajstić information content (AvgIpc) is 2.84. The van der Waals surface area contributed by atoms with Crippen LogP contribution in [0.2, 0.25) is 0 Å². The summed E-state index contributed by atoms with van der Waals surface area (Å²) in [6.45, 7) is 0. The molecular weight excluding hydrogens is 500 g/mol. The van der Waals surface area contributed by atoms with Gasteiger partial charge in [-0.05, 0) is 48.0 Å². The van der Waals surface area contributed by atoms with Crippen LogP contribution in [-0.4, -0.2) is 27.4 Å². The van der Waals surface area contributed by atoms with Gasteiger partial charge in [-0.2, -0.15) is 5.10 Å². The van der Waals surface area contributed by atoms with Crippen molar-refractivity contribution < 1.29 is 4.79 Å². The van der Waals surface area contributed by atoms with Crippen LogP contribution in [0, 0.1) is 0 Å². The van der Waals surface area contributed by atoms with Crippen molar-refractivity contribution >= 4 is 56.8 Å². The molecule has 0 unspecified atom stereocenters. The van der Waals surface area contributed by atoms with Gasteiger partial charge in [-0.1, -0.05) is 76.2 Å². The zero-order chi connectivity index (χ0) is 23.0. The van der Waals surface area contributed by atoms with Gasteiger partial charge in [0.1, 0.15) is 0 Å². The van der Waals surface area contributed by atoms with E-state index < -0.39 is 0 Å². The van der Waals surface area contributed by atoms with E-state index in [4.69, 9.17) is 0 Å². The number of para-hydroxylation sites is 1. The number of allylic oxidation sites excluding steroid dienone is 1. The van der Waals surface area contributed by atoms with Crippen molar-refractivity contribution in [2.75, 3.05) is 5.75 Å². The highest BCUT2D eigenvalue weighted by Crippen LogP contribution is 2.22. The number of nitrogens with one attached hydrogen (secondary N) is 1. The zero-order valence-electron chi connectivity index (χ0n) is 17.4. The molecule has 164 valence electrons. The number of nitrogens with zero attached hydrogens (tertiary/aromatic N) is 3. The van der Waals surface area contributed by atoms with Crippen LogP contribution in [0.15, 0.2) is 104 Å². The second kappa shape index (κ2) is 10.9. The lowest BCUT2D eigenvalue weighted by molar-refractivity contribution is -0.118. The summed E-state index contributed by atoms with van der Waals surface area (Å²) in [6.07, 6.45) is 5.15. The van der Waals surface area contributed by atoms with Gasteiger partial charge in [-0.25, -0.2) is 10.4 Å². The van der Waals surface area contributed by atoms with Gasteiger partial charge in [0.25, 0.3) is 11.5 Å². The van der Waals surface area contributed by atoms with Crippen LogP contribution < -0.4 is 11.0 Å². The first-order valence-corrected chi connectivity index (χ1v) is 11.8. The lowest BCUT2D eigenvalue weighted by atomic mass is 10.2. The van der Waals surface area contributed by atoms with Crippen molar-refractivity contribution in [2.45, 2.75) is 5.16 Å². The van der Waals surface area contributed by atoms with Crippen LogP contribution >= 0.6 is 27.7 Å². The van der Waals surface area contributed by atoms with Crippen molar-refractivity contribution in [1.29, 1.82) is 0 Å². The molecule has 6 nitrogen and oxygen atoms in total. The lowest BCUT2D eigenvalue weighted by Crippen LogP contribution is -2.24. The topological polar surface area (TPSA) is 76.3 Å². The number of thioether (sulfide) groups is 1. The molecule has 0 saturated carbocycles. The number of benzene rings is 3. The molecule has 0 bridgehead atoms. The third-order valence-corrected chi connectivity index (χ3v) is 6.07. The standard InChI is InChI=1S/C25H19BrN4O2S/c26-19-12-14-20(15-13-19)30-24(32)21-10-4-5-11-22(21)28-25(30)33-17-23(31)29-27-16-6-9-18-7-2-1-3-8-18/h1-16H,17H2,(H,29,31)/b9-6+,27-16+. The molecular formula is C25H19BrN4O2S. The maximum atomic E-state index is 13.2. The van der Waals surface area contributed by atoms with E-state index >= 15 is 0 Å². The molecule has 4 aromatic rings. The first kappa shape index (κ1) is 22.7. The number of hydrogen-bond donors (Lipinski definition) is 1. The molecule has 0 aliphatic rings. The Bertz CT molecular complexity index is 1380. The normalized spacial score (nSPS) is 11.4. The Balaban J connectivity index is 1.49. The number of aromatic nitrogens is 2. The fraction of sp³-hybridized carbons (Fsp3) is 0.0400. The molecule has 1 heterocycles. The molecule has 8 heteroatoms. The van der Waals surface area contributed by atoms with Gasteiger partial charge >= 0.3 is 0 Å². The van der Waals surface area contributed by atoms with Gasteiger partial charge in [0.2, 0.25) is 0 Å². The first-order chi connectivity index (χ1) is 16.1. The number of rotatable bonds is 7. The van der Waals surface area contributed by atoms with E-state index in [-0.39, 0.29) is 17.2 Å². The quantitative estimate of drug-likeness (QED) is 0.160. The third kappa shape index (κ3) is 5.85. The number of amides is 1. The molecule has 33 heavy (non-hydrogen) atoms. The molecule has 0 fully saturated rings. The second-order valence-corrected chi connectivity index (χ2v) is 8.76. The molecule has 1 N–H and O–H groups in total. The Morgan fingerprint density at radius 3 is 2.55 bits per heavy atom. The predicted octanol–water partition coefficient (Wildman–Crippen LogP) is 5.06. The largest absolute Gasteiger partial charge is 0.272 e.